The normalized spacial score (nSPS) is 14.8. The number of ether oxygens (including phenoxy) is 5. The fourth-order valence-corrected chi connectivity index (χ4v) is 4.79. The number of allylic oxidation sites excluding steroid dienone is 1. The van der Waals surface area contributed by atoms with E-state index >= 15 is 0 Å². The molecule has 0 bridgehead atoms. The van der Waals surface area contributed by atoms with Gasteiger partial charge >= 0.3 is 12.0 Å². The highest BCUT2D eigenvalue weighted by atomic mass is 127. The fraction of sp³-hybridized carbons (Fsp3) is 0.379. The Morgan fingerprint density at radius 1 is 1.10 bits per heavy atom. The minimum Gasteiger partial charge on any atom is -0.493 e. The molecule has 1 atom stereocenters. The Morgan fingerprint density at radius 2 is 1.86 bits per heavy atom. The number of carbonyl (C=O) groups excluding carboxylic acids is 3. The van der Waals surface area contributed by atoms with Gasteiger partial charge in [0, 0.05) is 5.70 Å². The number of hydrogen-bond acceptors (Lipinski definition) is 9. The average Bonchev–Trinajstić information content (AvgIpc) is 2.93. The molecule has 0 saturated carbocycles. The standard InChI is InChI=1S/C29H35IN4O8/c1-7-39-23-12-18(11-20(30)27(23)42-16(3)4)14-31-34-24(35)15-41-21-10-9-19(13-22(21)38-6)26-25(28(36)40-8-2)17(5)32-29(37)33-26/h9-14,16,26H,7-8,15H2,1-6H3,(H,34,35)(H2,32,33,37)/b31-14+/t26-/m0/s1. The molecule has 1 aliphatic heterocycles. The Kier molecular flexibility index (Phi) is 11.8. The Balaban J connectivity index is 1.68. The molecule has 0 unspecified atom stereocenters. The minimum absolute atomic E-state index is 0.0140. The molecule has 2 aromatic rings. The Hall–Kier alpha value is -4.01. The molecule has 0 spiro atoms. The van der Waals surface area contributed by atoms with Crippen molar-refractivity contribution in [2.75, 3.05) is 26.9 Å². The van der Waals surface area contributed by atoms with Crippen LogP contribution >= 0.6 is 22.6 Å². The molecule has 42 heavy (non-hydrogen) atoms. The molecule has 0 aromatic heterocycles. The minimum atomic E-state index is -0.768. The second kappa shape index (κ2) is 15.3. The smallest absolute Gasteiger partial charge is 0.338 e. The van der Waals surface area contributed by atoms with E-state index in [9.17, 15) is 14.4 Å². The Bertz CT molecular complexity index is 1380. The number of urea groups is 1. The van der Waals surface area contributed by atoms with Crippen LogP contribution in [0.15, 0.2) is 46.7 Å². The van der Waals surface area contributed by atoms with Gasteiger partial charge in [0.15, 0.2) is 29.6 Å². The summed E-state index contributed by atoms with van der Waals surface area (Å²) in [6.07, 6.45) is 1.49. The van der Waals surface area contributed by atoms with Crippen LogP contribution in [0, 0.1) is 3.57 Å². The van der Waals surface area contributed by atoms with Gasteiger partial charge in [-0.1, -0.05) is 6.07 Å². The number of benzene rings is 2. The first kappa shape index (κ1) is 32.5. The van der Waals surface area contributed by atoms with E-state index in [2.05, 4.69) is 43.8 Å². The summed E-state index contributed by atoms with van der Waals surface area (Å²) in [7, 11) is 1.44. The number of methoxy groups -OCH3 is 1. The monoisotopic (exact) mass is 694 g/mol. The van der Waals surface area contributed by atoms with Crippen LogP contribution in [0.4, 0.5) is 4.79 Å². The van der Waals surface area contributed by atoms with E-state index in [0.717, 1.165) is 3.57 Å². The number of rotatable bonds is 13. The molecule has 13 heteroatoms. The number of hydrazone groups is 1. The third kappa shape index (κ3) is 8.50. The van der Waals surface area contributed by atoms with E-state index in [1.807, 2.05) is 26.8 Å². The van der Waals surface area contributed by atoms with Crippen molar-refractivity contribution in [3.05, 3.63) is 56.3 Å². The van der Waals surface area contributed by atoms with Crippen LogP contribution in [0.25, 0.3) is 0 Å². The molecular formula is C29H35IN4O8. The lowest BCUT2D eigenvalue weighted by atomic mass is 9.95. The Labute approximate surface area is 258 Å². The molecular weight excluding hydrogens is 659 g/mol. The van der Waals surface area contributed by atoms with Gasteiger partial charge in [0.05, 0.1) is 47.8 Å². The van der Waals surface area contributed by atoms with Crippen molar-refractivity contribution in [1.29, 1.82) is 0 Å². The number of carbonyl (C=O) groups is 3. The van der Waals surface area contributed by atoms with Gasteiger partial charge in [-0.3, -0.25) is 4.79 Å². The zero-order chi connectivity index (χ0) is 30.8. The van der Waals surface area contributed by atoms with E-state index in [1.165, 1.54) is 13.3 Å². The summed E-state index contributed by atoms with van der Waals surface area (Å²) in [5.74, 6) is 0.801. The number of nitrogens with one attached hydrogen (secondary N) is 3. The molecule has 0 aliphatic carbocycles. The first-order valence-electron chi connectivity index (χ1n) is 13.3. The SMILES string of the molecule is CCOC(=O)C1=C(C)NC(=O)N[C@H]1c1ccc(OCC(=O)N/N=C/c2cc(I)c(OC(C)C)c(OCC)c2)c(OC)c1. The maximum atomic E-state index is 12.6. The van der Waals surface area contributed by atoms with Gasteiger partial charge in [0.2, 0.25) is 0 Å². The summed E-state index contributed by atoms with van der Waals surface area (Å²) in [5.41, 5.74) is 4.38. The molecule has 1 heterocycles. The van der Waals surface area contributed by atoms with E-state index in [1.54, 1.807) is 38.1 Å². The van der Waals surface area contributed by atoms with Crippen LogP contribution in [0.3, 0.4) is 0 Å². The van der Waals surface area contributed by atoms with E-state index in [0.29, 0.717) is 40.7 Å². The molecule has 3 rings (SSSR count). The third-order valence-corrected chi connectivity index (χ3v) is 6.53. The summed E-state index contributed by atoms with van der Waals surface area (Å²) in [4.78, 5) is 37.2. The van der Waals surface area contributed by atoms with Crippen molar-refractivity contribution in [1.82, 2.24) is 16.1 Å². The van der Waals surface area contributed by atoms with Crippen molar-refractivity contribution >= 4 is 46.7 Å². The first-order valence-corrected chi connectivity index (χ1v) is 14.4. The van der Waals surface area contributed by atoms with Crippen LogP contribution in [-0.4, -0.2) is 57.2 Å². The van der Waals surface area contributed by atoms with Crippen molar-refractivity contribution in [3.63, 3.8) is 0 Å². The zero-order valence-corrected chi connectivity index (χ0v) is 26.5. The van der Waals surface area contributed by atoms with Gasteiger partial charge in [-0.2, -0.15) is 5.10 Å². The lowest BCUT2D eigenvalue weighted by Gasteiger charge is -2.28. The predicted octanol–water partition coefficient (Wildman–Crippen LogP) is 4.21. The number of hydrogen-bond donors (Lipinski definition) is 3. The van der Waals surface area contributed by atoms with Crippen molar-refractivity contribution < 1.29 is 38.1 Å². The van der Waals surface area contributed by atoms with Gasteiger partial charge < -0.3 is 34.3 Å². The van der Waals surface area contributed by atoms with Gasteiger partial charge in [-0.25, -0.2) is 15.0 Å². The van der Waals surface area contributed by atoms with Crippen molar-refractivity contribution in [2.45, 2.75) is 46.8 Å². The van der Waals surface area contributed by atoms with Crippen LogP contribution in [-0.2, 0) is 14.3 Å². The fourth-order valence-electron chi connectivity index (χ4n) is 4.04. The summed E-state index contributed by atoms with van der Waals surface area (Å²) in [6, 6.07) is 7.32. The number of esters is 1. The molecule has 0 saturated heterocycles. The summed E-state index contributed by atoms with van der Waals surface area (Å²) >= 11 is 2.17. The maximum Gasteiger partial charge on any atom is 0.338 e. The molecule has 2 aromatic carbocycles. The topological polar surface area (TPSA) is 146 Å². The molecule has 226 valence electrons. The first-order chi connectivity index (χ1) is 20.1. The largest absolute Gasteiger partial charge is 0.493 e. The van der Waals surface area contributed by atoms with E-state index in [-0.39, 0.29) is 30.6 Å². The lowest BCUT2D eigenvalue weighted by Crippen LogP contribution is -2.45. The van der Waals surface area contributed by atoms with Gasteiger partial charge in [0.25, 0.3) is 5.91 Å². The van der Waals surface area contributed by atoms with Crippen molar-refractivity contribution in [2.24, 2.45) is 5.10 Å². The summed E-state index contributed by atoms with van der Waals surface area (Å²) in [5, 5.41) is 9.36. The lowest BCUT2D eigenvalue weighted by molar-refractivity contribution is -0.139. The highest BCUT2D eigenvalue weighted by Gasteiger charge is 2.32. The summed E-state index contributed by atoms with van der Waals surface area (Å²) < 4.78 is 28.7. The molecule has 0 fully saturated rings. The van der Waals surface area contributed by atoms with Gasteiger partial charge in [-0.15, -0.1) is 0 Å². The maximum absolute atomic E-state index is 12.6. The highest BCUT2D eigenvalue weighted by Crippen LogP contribution is 2.36. The molecule has 12 nitrogen and oxygen atoms in total. The van der Waals surface area contributed by atoms with Crippen LogP contribution in [0.5, 0.6) is 23.0 Å². The molecule has 3 amide bonds. The number of halogens is 1. The molecule has 0 radical (unpaired) electrons. The second-order valence-corrected chi connectivity index (χ2v) is 10.4. The quantitative estimate of drug-likeness (QED) is 0.123. The number of amides is 3. The molecule has 3 N–H and O–H groups in total. The second-order valence-electron chi connectivity index (χ2n) is 9.21. The zero-order valence-electron chi connectivity index (χ0n) is 24.3. The highest BCUT2D eigenvalue weighted by molar-refractivity contribution is 14.1. The van der Waals surface area contributed by atoms with Gasteiger partial charge in [-0.05, 0) is 92.6 Å². The average molecular weight is 695 g/mol. The van der Waals surface area contributed by atoms with Gasteiger partial charge in [0.1, 0.15) is 0 Å². The molecule has 1 aliphatic rings. The van der Waals surface area contributed by atoms with Crippen LogP contribution in [0.1, 0.15) is 51.8 Å². The number of nitrogens with zero attached hydrogens (tertiary/aromatic N) is 1. The summed E-state index contributed by atoms with van der Waals surface area (Å²) in [6.45, 7) is 9.42. The van der Waals surface area contributed by atoms with E-state index < -0.39 is 23.9 Å². The van der Waals surface area contributed by atoms with Crippen molar-refractivity contribution in [3.8, 4) is 23.0 Å². The van der Waals surface area contributed by atoms with Crippen LogP contribution in [0.2, 0.25) is 0 Å². The predicted molar refractivity (Wildman–Crippen MR) is 164 cm³/mol. The van der Waals surface area contributed by atoms with E-state index in [4.69, 9.17) is 23.7 Å². The third-order valence-electron chi connectivity index (χ3n) is 5.73. The Morgan fingerprint density at radius 3 is 2.52 bits per heavy atom. The van der Waals surface area contributed by atoms with Crippen LogP contribution < -0.4 is 35.0 Å².